The van der Waals surface area contributed by atoms with E-state index in [1.807, 2.05) is 66.7 Å². The maximum absolute atomic E-state index is 11.8. The van der Waals surface area contributed by atoms with Gasteiger partial charge in [-0.1, -0.05) is 60.5 Å². The van der Waals surface area contributed by atoms with Crippen LogP contribution in [0.4, 0.5) is 0 Å². The van der Waals surface area contributed by atoms with Crippen LogP contribution in [-0.4, -0.2) is 24.7 Å². The molecule has 0 amide bonds. The van der Waals surface area contributed by atoms with E-state index in [2.05, 4.69) is 17.4 Å². The van der Waals surface area contributed by atoms with E-state index >= 15 is 0 Å². The van der Waals surface area contributed by atoms with Crippen LogP contribution in [0.15, 0.2) is 84.1 Å². The van der Waals surface area contributed by atoms with E-state index in [4.69, 9.17) is 37.5 Å². The van der Waals surface area contributed by atoms with E-state index in [9.17, 15) is 4.79 Å². The van der Waals surface area contributed by atoms with Crippen molar-refractivity contribution < 1.29 is 19.1 Å². The number of allylic oxidation sites excluding steroid dienone is 1. The summed E-state index contributed by atoms with van der Waals surface area (Å²) in [5, 5.41) is 2.08. The summed E-state index contributed by atoms with van der Waals surface area (Å²) < 4.78 is 10.9. The SMILES string of the molecule is CCCC1=C(COc2ccc(-c3ccc4nc(C(=O)OC)ccc4c3)cc2)C(c2c(Cl)cccc2Cl)NO1. The second-order valence-corrected chi connectivity index (χ2v) is 9.71. The number of fused-ring (bicyclic) bond motifs is 1. The van der Waals surface area contributed by atoms with Crippen molar-refractivity contribution in [2.45, 2.75) is 25.8 Å². The summed E-state index contributed by atoms with van der Waals surface area (Å²) in [6.07, 6.45) is 1.71. The number of nitrogens with zero attached hydrogens (tertiary/aromatic N) is 1. The quantitative estimate of drug-likeness (QED) is 0.227. The minimum atomic E-state index is -0.453. The molecule has 5 rings (SSSR count). The van der Waals surface area contributed by atoms with E-state index in [1.54, 1.807) is 6.07 Å². The molecule has 0 fully saturated rings. The monoisotopic (exact) mass is 548 g/mol. The van der Waals surface area contributed by atoms with Gasteiger partial charge in [-0.05, 0) is 60.0 Å². The number of pyridine rings is 1. The second kappa shape index (κ2) is 11.4. The highest BCUT2D eigenvalue weighted by molar-refractivity contribution is 6.36. The van der Waals surface area contributed by atoms with Gasteiger partial charge >= 0.3 is 5.97 Å². The predicted octanol–water partition coefficient (Wildman–Crippen LogP) is 7.70. The lowest BCUT2D eigenvalue weighted by Crippen LogP contribution is -2.19. The number of benzene rings is 3. The number of methoxy groups -OCH3 is 1. The summed E-state index contributed by atoms with van der Waals surface area (Å²) >= 11 is 13.0. The molecule has 0 aliphatic carbocycles. The third-order valence-electron chi connectivity index (χ3n) is 6.44. The number of carbonyl (C=O) groups excluding carboxylic acids is 1. The van der Waals surface area contributed by atoms with Crippen LogP contribution in [0.25, 0.3) is 22.0 Å². The average Bonchev–Trinajstić information content (AvgIpc) is 3.33. The van der Waals surface area contributed by atoms with Gasteiger partial charge in [-0.15, -0.1) is 5.48 Å². The van der Waals surface area contributed by atoms with E-state index in [0.717, 1.165) is 57.5 Å². The molecule has 1 atom stereocenters. The Morgan fingerprint density at radius 3 is 2.45 bits per heavy atom. The molecule has 0 saturated carbocycles. The molecule has 1 aromatic heterocycles. The molecule has 4 aromatic rings. The first kappa shape index (κ1) is 26.0. The zero-order valence-electron chi connectivity index (χ0n) is 21.0. The summed E-state index contributed by atoms with van der Waals surface area (Å²) in [6, 6.07) is 22.5. The third kappa shape index (κ3) is 5.34. The number of hydroxylamine groups is 1. The van der Waals surface area contributed by atoms with Crippen LogP contribution in [0.5, 0.6) is 5.75 Å². The summed E-state index contributed by atoms with van der Waals surface area (Å²) in [5.74, 6) is 1.13. The molecule has 0 saturated heterocycles. The first-order valence-corrected chi connectivity index (χ1v) is 13.0. The van der Waals surface area contributed by atoms with Crippen molar-refractivity contribution in [1.82, 2.24) is 10.5 Å². The molecule has 1 aliphatic heterocycles. The van der Waals surface area contributed by atoms with Crippen LogP contribution >= 0.6 is 23.2 Å². The Balaban J connectivity index is 1.33. The van der Waals surface area contributed by atoms with E-state index < -0.39 is 5.97 Å². The summed E-state index contributed by atoms with van der Waals surface area (Å²) in [6.45, 7) is 2.43. The minimum Gasteiger partial charge on any atom is -0.489 e. The zero-order chi connectivity index (χ0) is 26.6. The highest BCUT2D eigenvalue weighted by Gasteiger charge is 2.31. The Kier molecular flexibility index (Phi) is 7.84. The Labute approximate surface area is 231 Å². The maximum atomic E-state index is 11.8. The molecule has 0 bridgehead atoms. The molecule has 3 aromatic carbocycles. The minimum absolute atomic E-state index is 0.286. The van der Waals surface area contributed by atoms with Crippen molar-refractivity contribution in [3.63, 3.8) is 0 Å². The van der Waals surface area contributed by atoms with Crippen LogP contribution in [0.1, 0.15) is 41.9 Å². The summed E-state index contributed by atoms with van der Waals surface area (Å²) in [7, 11) is 1.34. The third-order valence-corrected chi connectivity index (χ3v) is 7.10. The lowest BCUT2D eigenvalue weighted by molar-refractivity contribution is 0.0594. The van der Waals surface area contributed by atoms with Gasteiger partial charge in [-0.25, -0.2) is 9.78 Å². The van der Waals surface area contributed by atoms with Gasteiger partial charge in [-0.2, -0.15) is 0 Å². The molecular formula is C30H26Cl2N2O4. The van der Waals surface area contributed by atoms with Gasteiger partial charge in [-0.3, -0.25) is 0 Å². The first-order chi connectivity index (χ1) is 18.5. The molecule has 0 spiro atoms. The Bertz CT molecular complexity index is 1500. The number of carbonyl (C=O) groups is 1. The number of ether oxygens (including phenoxy) is 2. The molecule has 1 aliphatic rings. The number of hydrogen-bond donors (Lipinski definition) is 1. The molecule has 0 radical (unpaired) electrons. The first-order valence-electron chi connectivity index (χ1n) is 12.3. The fourth-order valence-electron chi connectivity index (χ4n) is 4.48. The van der Waals surface area contributed by atoms with Crippen LogP contribution in [0.3, 0.4) is 0 Å². The number of rotatable bonds is 8. The molecule has 1 N–H and O–H groups in total. The second-order valence-electron chi connectivity index (χ2n) is 8.90. The molecule has 194 valence electrons. The molecule has 2 heterocycles. The number of halogens is 2. The number of nitrogens with one attached hydrogen (secondary N) is 1. The Hall–Kier alpha value is -3.58. The van der Waals surface area contributed by atoms with Gasteiger partial charge in [0.05, 0.1) is 18.7 Å². The maximum Gasteiger partial charge on any atom is 0.356 e. The van der Waals surface area contributed by atoms with Crippen LogP contribution in [0.2, 0.25) is 10.0 Å². The van der Waals surface area contributed by atoms with Gasteiger partial charge in [0.2, 0.25) is 0 Å². The predicted molar refractivity (Wildman–Crippen MR) is 149 cm³/mol. The highest BCUT2D eigenvalue weighted by atomic mass is 35.5. The fourth-order valence-corrected chi connectivity index (χ4v) is 5.09. The van der Waals surface area contributed by atoms with Gasteiger partial charge < -0.3 is 14.3 Å². The largest absolute Gasteiger partial charge is 0.489 e. The van der Waals surface area contributed by atoms with Crippen LogP contribution < -0.4 is 10.2 Å². The summed E-state index contributed by atoms with van der Waals surface area (Å²) in [4.78, 5) is 22.0. The van der Waals surface area contributed by atoms with Crippen LogP contribution in [-0.2, 0) is 9.57 Å². The highest BCUT2D eigenvalue weighted by Crippen LogP contribution is 2.39. The normalized spacial score (nSPS) is 15.0. The number of hydrogen-bond acceptors (Lipinski definition) is 6. The van der Waals surface area contributed by atoms with Gasteiger partial charge in [0, 0.05) is 33.0 Å². The molecule has 1 unspecified atom stereocenters. The van der Waals surface area contributed by atoms with Crippen molar-refractivity contribution >= 4 is 40.1 Å². The van der Waals surface area contributed by atoms with Crippen LogP contribution in [0, 0.1) is 0 Å². The van der Waals surface area contributed by atoms with Gasteiger partial charge in [0.15, 0.2) is 0 Å². The topological polar surface area (TPSA) is 69.7 Å². The van der Waals surface area contributed by atoms with Crippen molar-refractivity contribution in [2.75, 3.05) is 13.7 Å². The smallest absolute Gasteiger partial charge is 0.356 e. The molecular weight excluding hydrogens is 523 g/mol. The lowest BCUT2D eigenvalue weighted by atomic mass is 9.98. The number of esters is 1. The van der Waals surface area contributed by atoms with E-state index in [1.165, 1.54) is 7.11 Å². The van der Waals surface area contributed by atoms with Gasteiger partial charge in [0.1, 0.15) is 23.8 Å². The zero-order valence-corrected chi connectivity index (χ0v) is 22.5. The average molecular weight is 549 g/mol. The van der Waals surface area contributed by atoms with Gasteiger partial charge in [0.25, 0.3) is 0 Å². The van der Waals surface area contributed by atoms with Crippen molar-refractivity contribution in [3.8, 4) is 16.9 Å². The van der Waals surface area contributed by atoms with E-state index in [-0.39, 0.29) is 11.7 Å². The van der Waals surface area contributed by atoms with E-state index in [0.29, 0.717) is 16.7 Å². The summed E-state index contributed by atoms with van der Waals surface area (Å²) in [5.41, 5.74) is 7.91. The van der Waals surface area contributed by atoms with Crippen molar-refractivity contribution in [1.29, 1.82) is 0 Å². The number of aromatic nitrogens is 1. The molecule has 8 heteroatoms. The Morgan fingerprint density at radius 1 is 1.00 bits per heavy atom. The standard InChI is InChI=1S/C30H26Cl2N2O4/c1-3-5-27-22(29(34-38-27)28-23(31)6-4-7-24(28)32)17-37-21-12-8-18(9-13-21)19-10-14-25-20(16-19)11-15-26(33-25)30(35)36-2/h4,6-16,29,34H,3,5,17H2,1-2H3. The van der Waals surface area contributed by atoms with Crippen molar-refractivity contribution in [3.05, 3.63) is 105 Å². The molecule has 6 nitrogen and oxygen atoms in total. The molecule has 38 heavy (non-hydrogen) atoms. The van der Waals surface area contributed by atoms with Crippen molar-refractivity contribution in [2.24, 2.45) is 0 Å². The Morgan fingerprint density at radius 2 is 1.74 bits per heavy atom. The lowest BCUT2D eigenvalue weighted by Gasteiger charge is -2.17. The fraction of sp³-hybridized carbons (Fsp3) is 0.200.